The Morgan fingerprint density at radius 3 is 2.42 bits per heavy atom. The van der Waals surface area contributed by atoms with Gasteiger partial charge >= 0.3 is 0 Å². The van der Waals surface area contributed by atoms with E-state index in [0.29, 0.717) is 17.2 Å². The average Bonchev–Trinajstić information content (AvgIpc) is 3.09. The van der Waals surface area contributed by atoms with E-state index in [0.717, 1.165) is 16.7 Å². The first kappa shape index (κ1) is 22.3. The zero-order valence-corrected chi connectivity index (χ0v) is 18.9. The van der Waals surface area contributed by atoms with Crippen molar-refractivity contribution in [2.75, 3.05) is 7.11 Å². The predicted octanol–water partition coefficient (Wildman–Crippen LogP) is 4.84. The van der Waals surface area contributed by atoms with Crippen LogP contribution in [0.3, 0.4) is 0 Å². The van der Waals surface area contributed by atoms with Crippen LogP contribution in [0.15, 0.2) is 78.6 Å². The molecule has 1 N–H and O–H groups in total. The summed E-state index contributed by atoms with van der Waals surface area (Å²) in [5.41, 5.74) is 3.10. The third-order valence-electron chi connectivity index (χ3n) is 5.90. The summed E-state index contributed by atoms with van der Waals surface area (Å²) in [6.07, 6.45) is 3.32. The molecule has 1 aliphatic rings. The Hall–Kier alpha value is -3.93. The van der Waals surface area contributed by atoms with Crippen LogP contribution in [0.5, 0.6) is 5.75 Å². The normalized spacial score (nSPS) is 17.6. The zero-order valence-electron chi connectivity index (χ0n) is 18.9. The fourth-order valence-electron chi connectivity index (χ4n) is 4.13. The average molecular weight is 443 g/mol. The van der Waals surface area contributed by atoms with Gasteiger partial charge < -0.3 is 14.7 Å². The molecular formula is C27H26N2O4. The van der Waals surface area contributed by atoms with E-state index in [4.69, 9.17) is 4.74 Å². The van der Waals surface area contributed by atoms with Crippen LogP contribution < -0.4 is 4.74 Å². The summed E-state index contributed by atoms with van der Waals surface area (Å²) in [6.45, 7) is 4.40. The van der Waals surface area contributed by atoms with E-state index in [9.17, 15) is 14.7 Å². The molecule has 2 heterocycles. The molecule has 6 heteroatoms. The molecule has 1 aliphatic heterocycles. The molecule has 0 spiro atoms. The number of ether oxygens (including phenoxy) is 1. The SMILES string of the molecule is COc1ccccc1/C(O)=C1/C(=O)C(=O)N(Cc2cccnc2)C1c1ccc(C(C)C)cc1. The van der Waals surface area contributed by atoms with Crippen LogP contribution >= 0.6 is 0 Å². The number of para-hydroxylation sites is 1. The number of carbonyl (C=O) groups is 2. The smallest absolute Gasteiger partial charge is 0.295 e. The second-order valence-corrected chi connectivity index (χ2v) is 8.31. The highest BCUT2D eigenvalue weighted by Gasteiger charge is 2.46. The minimum Gasteiger partial charge on any atom is -0.507 e. The number of aromatic nitrogens is 1. The molecule has 0 saturated carbocycles. The van der Waals surface area contributed by atoms with Gasteiger partial charge in [-0.25, -0.2) is 0 Å². The van der Waals surface area contributed by atoms with Gasteiger partial charge in [0.1, 0.15) is 11.5 Å². The third-order valence-corrected chi connectivity index (χ3v) is 5.90. The molecule has 2 aromatic carbocycles. The fourth-order valence-corrected chi connectivity index (χ4v) is 4.13. The number of benzene rings is 2. The fraction of sp³-hybridized carbons (Fsp3) is 0.222. The van der Waals surface area contributed by atoms with Gasteiger partial charge in [-0.15, -0.1) is 0 Å². The number of rotatable bonds is 6. The second kappa shape index (κ2) is 9.28. The number of nitrogens with zero attached hydrogens (tertiary/aromatic N) is 2. The lowest BCUT2D eigenvalue weighted by molar-refractivity contribution is -0.140. The number of ketones is 1. The van der Waals surface area contributed by atoms with Crippen LogP contribution in [0, 0.1) is 0 Å². The van der Waals surface area contributed by atoms with Crippen molar-refractivity contribution in [1.82, 2.24) is 9.88 Å². The van der Waals surface area contributed by atoms with E-state index < -0.39 is 17.7 Å². The summed E-state index contributed by atoms with van der Waals surface area (Å²) in [4.78, 5) is 32.0. The number of hydrogen-bond acceptors (Lipinski definition) is 5. The molecule has 1 saturated heterocycles. The summed E-state index contributed by atoms with van der Waals surface area (Å²) in [6, 6.07) is 17.6. The van der Waals surface area contributed by atoms with Crippen LogP contribution in [0.2, 0.25) is 0 Å². The number of methoxy groups -OCH3 is 1. The van der Waals surface area contributed by atoms with Gasteiger partial charge in [0.05, 0.1) is 24.3 Å². The van der Waals surface area contributed by atoms with Crippen molar-refractivity contribution in [3.8, 4) is 5.75 Å². The number of hydrogen-bond donors (Lipinski definition) is 1. The van der Waals surface area contributed by atoms with E-state index in [2.05, 4.69) is 18.8 Å². The molecule has 33 heavy (non-hydrogen) atoms. The minimum absolute atomic E-state index is 0.0469. The van der Waals surface area contributed by atoms with E-state index in [1.54, 1.807) is 42.7 Å². The lowest BCUT2D eigenvalue weighted by Crippen LogP contribution is -2.29. The molecular weight excluding hydrogens is 416 g/mol. The molecule has 1 fully saturated rings. The van der Waals surface area contributed by atoms with Gasteiger partial charge in [0.25, 0.3) is 11.7 Å². The van der Waals surface area contributed by atoms with Gasteiger partial charge in [-0.3, -0.25) is 14.6 Å². The topological polar surface area (TPSA) is 79.7 Å². The van der Waals surface area contributed by atoms with Crippen molar-refractivity contribution in [2.45, 2.75) is 32.4 Å². The van der Waals surface area contributed by atoms with Crippen molar-refractivity contribution >= 4 is 17.4 Å². The van der Waals surface area contributed by atoms with Crippen LogP contribution in [0.1, 0.15) is 48.1 Å². The molecule has 4 rings (SSSR count). The Morgan fingerprint density at radius 2 is 1.79 bits per heavy atom. The van der Waals surface area contributed by atoms with Crippen LogP contribution in [0.4, 0.5) is 0 Å². The highest BCUT2D eigenvalue weighted by Crippen LogP contribution is 2.41. The van der Waals surface area contributed by atoms with Gasteiger partial charge in [0, 0.05) is 18.9 Å². The minimum atomic E-state index is -0.740. The molecule has 3 aromatic rings. The van der Waals surface area contributed by atoms with E-state index in [1.165, 1.54) is 12.0 Å². The third kappa shape index (κ3) is 4.24. The number of amides is 1. The predicted molar refractivity (Wildman–Crippen MR) is 126 cm³/mol. The summed E-state index contributed by atoms with van der Waals surface area (Å²) in [7, 11) is 1.50. The monoisotopic (exact) mass is 442 g/mol. The molecule has 1 aromatic heterocycles. The zero-order chi connectivity index (χ0) is 23.5. The highest BCUT2D eigenvalue weighted by molar-refractivity contribution is 6.46. The van der Waals surface area contributed by atoms with Crippen molar-refractivity contribution in [1.29, 1.82) is 0 Å². The van der Waals surface area contributed by atoms with Crippen molar-refractivity contribution in [2.24, 2.45) is 0 Å². The Balaban J connectivity index is 1.88. The number of aliphatic hydroxyl groups is 1. The second-order valence-electron chi connectivity index (χ2n) is 8.31. The first-order valence-electron chi connectivity index (χ1n) is 10.8. The number of pyridine rings is 1. The molecule has 1 unspecified atom stereocenters. The Morgan fingerprint density at radius 1 is 1.06 bits per heavy atom. The molecule has 1 amide bonds. The number of aliphatic hydroxyl groups excluding tert-OH is 1. The number of Topliss-reactive ketones (excluding diaryl/α,β-unsaturated/α-hetero) is 1. The molecule has 6 nitrogen and oxygen atoms in total. The Kier molecular flexibility index (Phi) is 6.27. The lowest BCUT2D eigenvalue weighted by atomic mass is 9.93. The number of carbonyl (C=O) groups excluding carboxylic acids is 2. The summed E-state index contributed by atoms with van der Waals surface area (Å²) in [5, 5.41) is 11.3. The maximum absolute atomic E-state index is 13.2. The van der Waals surface area contributed by atoms with Crippen molar-refractivity contribution in [3.63, 3.8) is 0 Å². The molecule has 168 valence electrons. The maximum Gasteiger partial charge on any atom is 0.295 e. The van der Waals surface area contributed by atoms with Crippen LogP contribution in [-0.4, -0.2) is 33.8 Å². The van der Waals surface area contributed by atoms with Gasteiger partial charge in [0.2, 0.25) is 0 Å². The Bertz CT molecular complexity index is 1200. The van der Waals surface area contributed by atoms with Crippen molar-refractivity contribution < 1.29 is 19.4 Å². The van der Waals surface area contributed by atoms with Crippen molar-refractivity contribution in [3.05, 3.63) is 101 Å². The highest BCUT2D eigenvalue weighted by atomic mass is 16.5. The van der Waals surface area contributed by atoms with Gasteiger partial charge in [-0.2, -0.15) is 0 Å². The Labute approximate surface area is 193 Å². The summed E-state index contributed by atoms with van der Waals surface area (Å²) < 4.78 is 5.38. The summed E-state index contributed by atoms with van der Waals surface area (Å²) >= 11 is 0. The number of likely N-dealkylation sites (tertiary alicyclic amines) is 1. The molecule has 1 atom stereocenters. The largest absolute Gasteiger partial charge is 0.507 e. The maximum atomic E-state index is 13.2. The molecule has 0 radical (unpaired) electrons. The van der Waals surface area contributed by atoms with Gasteiger partial charge in [-0.1, -0.05) is 56.3 Å². The van der Waals surface area contributed by atoms with E-state index >= 15 is 0 Å². The van der Waals surface area contributed by atoms with Crippen LogP contribution in [0.25, 0.3) is 5.76 Å². The lowest BCUT2D eigenvalue weighted by Gasteiger charge is -2.26. The van der Waals surface area contributed by atoms with Gasteiger partial charge in [-0.05, 0) is 40.8 Å². The van der Waals surface area contributed by atoms with Gasteiger partial charge in [0.15, 0.2) is 0 Å². The molecule has 0 aliphatic carbocycles. The van der Waals surface area contributed by atoms with E-state index in [1.807, 2.05) is 30.3 Å². The standard InChI is InChI=1S/C27H26N2O4/c1-17(2)19-10-12-20(13-11-19)24-23(25(30)21-8-4-5-9-22(21)33-3)26(31)27(32)29(24)16-18-7-6-14-28-15-18/h4-15,17,24,30H,16H2,1-3H3/b25-23-. The summed E-state index contributed by atoms with van der Waals surface area (Å²) in [5.74, 6) is -0.873. The first-order chi connectivity index (χ1) is 15.9. The molecule has 0 bridgehead atoms. The first-order valence-corrected chi connectivity index (χ1v) is 10.8. The van der Waals surface area contributed by atoms with E-state index in [-0.39, 0.29) is 17.9 Å². The quantitative estimate of drug-likeness (QED) is 0.336. The van der Waals surface area contributed by atoms with Crippen LogP contribution in [-0.2, 0) is 16.1 Å².